The van der Waals surface area contributed by atoms with Gasteiger partial charge in [-0.25, -0.2) is 4.79 Å². The lowest BCUT2D eigenvalue weighted by atomic mass is 9.90. The van der Waals surface area contributed by atoms with Gasteiger partial charge in [-0.2, -0.15) is 0 Å². The number of hydrogen-bond acceptors (Lipinski definition) is 2. The molecule has 5 nitrogen and oxygen atoms in total. The van der Waals surface area contributed by atoms with Gasteiger partial charge in [-0.05, 0) is 36.1 Å². The van der Waals surface area contributed by atoms with Gasteiger partial charge in [-0.15, -0.1) is 0 Å². The van der Waals surface area contributed by atoms with Crippen molar-refractivity contribution in [2.24, 2.45) is 5.92 Å². The normalized spacial score (nSPS) is 15.9. The van der Waals surface area contributed by atoms with Gasteiger partial charge in [0.05, 0.1) is 5.92 Å². The number of carbonyl (C=O) groups is 2. The van der Waals surface area contributed by atoms with Crippen LogP contribution in [0.1, 0.15) is 29.9 Å². The summed E-state index contributed by atoms with van der Waals surface area (Å²) in [6.07, 6.45) is 1.61. The van der Waals surface area contributed by atoms with Crippen LogP contribution in [0.15, 0.2) is 91.0 Å². The summed E-state index contributed by atoms with van der Waals surface area (Å²) < 4.78 is 0. The van der Waals surface area contributed by atoms with Crippen molar-refractivity contribution in [1.29, 1.82) is 0 Å². The minimum atomic E-state index is -0.197. The molecule has 0 saturated carbocycles. The molecule has 1 aliphatic heterocycles. The monoisotopic (exact) mass is 427 g/mol. The predicted octanol–water partition coefficient (Wildman–Crippen LogP) is 4.88. The van der Waals surface area contributed by atoms with Gasteiger partial charge < -0.3 is 15.5 Å². The lowest BCUT2D eigenvalue weighted by Gasteiger charge is -2.32. The number of nitrogens with one attached hydrogen (secondary N) is 2. The van der Waals surface area contributed by atoms with Gasteiger partial charge in [0.1, 0.15) is 0 Å². The quantitative estimate of drug-likeness (QED) is 0.589. The van der Waals surface area contributed by atoms with Gasteiger partial charge in [0.2, 0.25) is 5.91 Å². The number of piperidine rings is 1. The summed E-state index contributed by atoms with van der Waals surface area (Å²) in [5.74, 6) is -0.0982. The van der Waals surface area contributed by atoms with Crippen molar-refractivity contribution in [3.05, 3.63) is 102 Å². The van der Waals surface area contributed by atoms with Crippen LogP contribution in [-0.4, -0.2) is 36.5 Å². The summed E-state index contributed by atoms with van der Waals surface area (Å²) in [5.41, 5.74) is 3.11. The van der Waals surface area contributed by atoms with E-state index in [2.05, 4.69) is 34.9 Å². The number of amides is 3. The third kappa shape index (κ3) is 5.55. The first-order valence-electron chi connectivity index (χ1n) is 11.2. The smallest absolute Gasteiger partial charge is 0.321 e. The average Bonchev–Trinajstić information content (AvgIpc) is 2.86. The number of benzene rings is 3. The third-order valence-electron chi connectivity index (χ3n) is 5.99. The third-order valence-corrected chi connectivity index (χ3v) is 5.99. The Kier molecular flexibility index (Phi) is 7.18. The van der Waals surface area contributed by atoms with Gasteiger partial charge in [0, 0.05) is 31.2 Å². The summed E-state index contributed by atoms with van der Waals surface area (Å²) in [5, 5.41) is 6.08. The van der Waals surface area contributed by atoms with Crippen LogP contribution in [0, 0.1) is 5.92 Å². The molecule has 0 aromatic heterocycles. The summed E-state index contributed by atoms with van der Waals surface area (Å²) in [6, 6.07) is 29.7. The minimum Gasteiger partial charge on any atom is -0.355 e. The molecule has 1 heterocycles. The van der Waals surface area contributed by atoms with Gasteiger partial charge in [-0.3, -0.25) is 4.79 Å². The van der Waals surface area contributed by atoms with Crippen LogP contribution in [0.3, 0.4) is 0 Å². The molecule has 2 N–H and O–H groups in total. The van der Waals surface area contributed by atoms with Gasteiger partial charge >= 0.3 is 6.03 Å². The molecule has 1 aliphatic rings. The van der Waals surface area contributed by atoms with E-state index in [0.717, 1.165) is 18.5 Å². The summed E-state index contributed by atoms with van der Waals surface area (Å²) in [6.45, 7) is 1.63. The number of para-hydroxylation sites is 1. The van der Waals surface area contributed by atoms with E-state index in [1.807, 2.05) is 66.7 Å². The van der Waals surface area contributed by atoms with E-state index in [1.54, 1.807) is 4.90 Å². The topological polar surface area (TPSA) is 61.4 Å². The zero-order valence-electron chi connectivity index (χ0n) is 18.1. The lowest BCUT2D eigenvalue weighted by Crippen LogP contribution is -2.47. The number of anilines is 1. The average molecular weight is 428 g/mol. The molecule has 0 unspecified atom stereocenters. The maximum absolute atomic E-state index is 13.0. The summed E-state index contributed by atoms with van der Waals surface area (Å²) >= 11 is 0. The van der Waals surface area contributed by atoms with E-state index < -0.39 is 0 Å². The number of hydrogen-bond donors (Lipinski definition) is 2. The van der Waals surface area contributed by atoms with E-state index in [1.165, 1.54) is 11.1 Å². The fourth-order valence-corrected chi connectivity index (χ4v) is 4.25. The van der Waals surface area contributed by atoms with Crippen LogP contribution >= 0.6 is 0 Å². The second-order valence-electron chi connectivity index (χ2n) is 8.20. The number of carbonyl (C=O) groups excluding carboxylic acids is 2. The number of nitrogens with zero attached hydrogens (tertiary/aromatic N) is 1. The van der Waals surface area contributed by atoms with Crippen LogP contribution in [0.4, 0.5) is 10.5 Å². The molecule has 1 saturated heterocycles. The molecule has 1 atom stereocenters. The maximum atomic E-state index is 13.0. The van der Waals surface area contributed by atoms with Crippen molar-refractivity contribution in [2.75, 3.05) is 25.0 Å². The van der Waals surface area contributed by atoms with Crippen LogP contribution < -0.4 is 10.6 Å². The van der Waals surface area contributed by atoms with Gasteiger partial charge in [0.25, 0.3) is 0 Å². The zero-order chi connectivity index (χ0) is 22.2. The van der Waals surface area contributed by atoms with E-state index >= 15 is 0 Å². The summed E-state index contributed by atoms with van der Waals surface area (Å²) in [7, 11) is 0. The number of urea groups is 1. The molecule has 1 fully saturated rings. The van der Waals surface area contributed by atoms with Crippen LogP contribution in [0.25, 0.3) is 0 Å². The minimum absolute atomic E-state index is 0.0130. The van der Waals surface area contributed by atoms with E-state index in [-0.39, 0.29) is 23.8 Å². The van der Waals surface area contributed by atoms with Crippen LogP contribution in [0.5, 0.6) is 0 Å². The molecule has 164 valence electrons. The molecular formula is C27H29N3O2. The molecule has 5 heteroatoms. The fraction of sp³-hybridized carbons (Fsp3) is 0.259. The van der Waals surface area contributed by atoms with Crippen LogP contribution in [-0.2, 0) is 4.79 Å². The van der Waals surface area contributed by atoms with Gasteiger partial charge in [-0.1, -0.05) is 78.9 Å². The second kappa shape index (κ2) is 10.6. The van der Waals surface area contributed by atoms with Crippen molar-refractivity contribution in [3.63, 3.8) is 0 Å². The maximum Gasteiger partial charge on any atom is 0.321 e. The van der Waals surface area contributed by atoms with Gasteiger partial charge in [0.15, 0.2) is 0 Å². The molecule has 0 aliphatic carbocycles. The van der Waals surface area contributed by atoms with Crippen molar-refractivity contribution in [2.45, 2.75) is 18.8 Å². The Balaban J connectivity index is 1.37. The lowest BCUT2D eigenvalue weighted by molar-refractivity contribution is -0.126. The number of likely N-dealkylation sites (tertiary alicyclic amines) is 1. The van der Waals surface area contributed by atoms with Crippen LogP contribution in [0.2, 0.25) is 0 Å². The van der Waals surface area contributed by atoms with E-state index in [9.17, 15) is 9.59 Å². The highest BCUT2D eigenvalue weighted by Gasteiger charge is 2.29. The van der Waals surface area contributed by atoms with Crippen molar-refractivity contribution in [3.8, 4) is 0 Å². The highest BCUT2D eigenvalue weighted by Crippen LogP contribution is 2.24. The van der Waals surface area contributed by atoms with Crippen molar-refractivity contribution >= 4 is 17.6 Å². The first-order valence-corrected chi connectivity index (χ1v) is 11.2. The molecule has 4 rings (SSSR count). The molecule has 0 spiro atoms. The molecular weight excluding hydrogens is 398 g/mol. The molecule has 32 heavy (non-hydrogen) atoms. The Morgan fingerprint density at radius 3 is 2.00 bits per heavy atom. The highest BCUT2D eigenvalue weighted by molar-refractivity contribution is 5.90. The molecule has 3 aromatic rings. The molecule has 0 radical (unpaired) electrons. The fourth-order valence-electron chi connectivity index (χ4n) is 4.25. The Bertz CT molecular complexity index is 969. The summed E-state index contributed by atoms with van der Waals surface area (Å²) in [4.78, 5) is 27.4. The Morgan fingerprint density at radius 2 is 1.41 bits per heavy atom. The first kappa shape index (κ1) is 21.6. The Hall–Kier alpha value is -3.60. The molecule has 3 aromatic carbocycles. The highest BCUT2D eigenvalue weighted by atomic mass is 16.2. The SMILES string of the molecule is O=C(NCC(c1ccccc1)c1ccccc1)[C@@H]1CCCN(C(=O)Nc2ccccc2)C1. The predicted molar refractivity (Wildman–Crippen MR) is 127 cm³/mol. The first-order chi connectivity index (χ1) is 15.7. The standard InChI is InChI=1S/C27H29N3O2/c31-26(23-15-10-18-30(20-23)27(32)29-24-16-8-3-9-17-24)28-19-25(21-11-4-1-5-12-21)22-13-6-2-7-14-22/h1-9,11-14,16-17,23,25H,10,15,18-20H2,(H,28,31)(H,29,32)/t23-/m1/s1. The van der Waals surface area contributed by atoms with E-state index in [4.69, 9.17) is 0 Å². The van der Waals surface area contributed by atoms with Crippen molar-refractivity contribution < 1.29 is 9.59 Å². The largest absolute Gasteiger partial charge is 0.355 e. The molecule has 3 amide bonds. The number of rotatable bonds is 6. The Labute approximate surface area is 189 Å². The second-order valence-corrected chi connectivity index (χ2v) is 8.20. The zero-order valence-corrected chi connectivity index (χ0v) is 18.1. The Morgan fingerprint density at radius 1 is 0.844 bits per heavy atom. The molecule has 0 bridgehead atoms. The van der Waals surface area contributed by atoms with Crippen molar-refractivity contribution in [1.82, 2.24) is 10.2 Å². The van der Waals surface area contributed by atoms with E-state index in [0.29, 0.717) is 19.6 Å².